The molecule has 180 valence electrons. The highest BCUT2D eigenvalue weighted by atomic mass is 32.2. The molecular formula is C24H27FN4O4S. The minimum atomic E-state index is -4.07. The van der Waals surface area contributed by atoms with Gasteiger partial charge in [0.15, 0.2) is 0 Å². The largest absolute Gasteiger partial charge is 0.478 e. The number of anilines is 2. The Balaban J connectivity index is 1.66. The first-order valence-electron chi connectivity index (χ1n) is 11.1. The summed E-state index contributed by atoms with van der Waals surface area (Å²) in [6, 6.07) is 9.63. The Kier molecular flexibility index (Phi) is 6.72. The number of hydrogen-bond acceptors (Lipinski definition) is 6. The lowest BCUT2D eigenvalue weighted by Gasteiger charge is -2.35. The summed E-state index contributed by atoms with van der Waals surface area (Å²) in [7, 11) is -4.07. The lowest BCUT2D eigenvalue weighted by molar-refractivity contribution is 0.0699. The van der Waals surface area contributed by atoms with Gasteiger partial charge in [-0.05, 0) is 61.9 Å². The molecule has 0 amide bonds. The van der Waals surface area contributed by atoms with Crippen LogP contribution in [0.5, 0.6) is 0 Å². The first-order chi connectivity index (χ1) is 16.2. The fraction of sp³-hybridized carbons (Fsp3) is 0.333. The summed E-state index contributed by atoms with van der Waals surface area (Å²) in [5.74, 6) is -1.20. The second-order valence-corrected chi connectivity index (χ2v) is 10.1. The number of nitrogens with one attached hydrogen (secondary N) is 1. The van der Waals surface area contributed by atoms with Gasteiger partial charge in [-0.1, -0.05) is 13.0 Å². The zero-order chi connectivity index (χ0) is 24.5. The molecular weight excluding hydrogens is 459 g/mol. The number of hydrogen-bond donors (Lipinski definition) is 2. The summed E-state index contributed by atoms with van der Waals surface area (Å²) in [6.07, 6.45) is 1.09. The number of fused-ring (bicyclic) bond motifs is 1. The molecule has 4 rings (SSSR count). The summed E-state index contributed by atoms with van der Waals surface area (Å²) < 4.78 is 41.8. The van der Waals surface area contributed by atoms with Crippen LogP contribution >= 0.6 is 0 Å². The monoisotopic (exact) mass is 486 g/mol. The highest BCUT2D eigenvalue weighted by Gasteiger charge is 2.22. The van der Waals surface area contributed by atoms with E-state index in [2.05, 4.69) is 26.4 Å². The maximum Gasteiger partial charge on any atom is 0.336 e. The van der Waals surface area contributed by atoms with Gasteiger partial charge in [-0.15, -0.1) is 0 Å². The highest BCUT2D eigenvalue weighted by Crippen LogP contribution is 2.28. The first-order valence-corrected chi connectivity index (χ1v) is 12.6. The van der Waals surface area contributed by atoms with Crippen LogP contribution in [0.25, 0.3) is 10.9 Å². The molecule has 34 heavy (non-hydrogen) atoms. The molecule has 1 aromatic heterocycles. The molecule has 2 heterocycles. The third-order valence-electron chi connectivity index (χ3n) is 5.95. The quantitative estimate of drug-likeness (QED) is 0.525. The number of aromatic nitrogens is 1. The van der Waals surface area contributed by atoms with Crippen LogP contribution in [0.15, 0.2) is 47.4 Å². The molecule has 2 aromatic carbocycles. The van der Waals surface area contributed by atoms with Gasteiger partial charge in [-0.25, -0.2) is 22.6 Å². The van der Waals surface area contributed by atoms with Gasteiger partial charge in [-0.2, -0.15) is 0 Å². The number of carboxylic acids is 1. The topological polar surface area (TPSA) is 103 Å². The number of halogens is 1. The van der Waals surface area contributed by atoms with Crippen LogP contribution in [0.3, 0.4) is 0 Å². The van der Waals surface area contributed by atoms with Crippen LogP contribution in [-0.4, -0.2) is 62.1 Å². The van der Waals surface area contributed by atoms with E-state index in [0.29, 0.717) is 22.3 Å². The van der Waals surface area contributed by atoms with Gasteiger partial charge in [0.1, 0.15) is 11.6 Å². The van der Waals surface area contributed by atoms with Gasteiger partial charge in [-0.3, -0.25) is 9.62 Å². The number of nitrogens with zero attached hydrogens (tertiary/aromatic N) is 3. The zero-order valence-electron chi connectivity index (χ0n) is 19.1. The average Bonchev–Trinajstić information content (AvgIpc) is 2.80. The Morgan fingerprint density at radius 3 is 2.53 bits per heavy atom. The normalized spacial score (nSPS) is 15.0. The van der Waals surface area contributed by atoms with Crippen molar-refractivity contribution in [1.82, 2.24) is 9.88 Å². The number of sulfonamides is 1. The number of rotatable bonds is 7. The molecule has 0 aliphatic carbocycles. The van der Waals surface area contributed by atoms with E-state index < -0.39 is 21.8 Å². The van der Waals surface area contributed by atoms with E-state index in [1.807, 2.05) is 0 Å². The predicted molar refractivity (Wildman–Crippen MR) is 130 cm³/mol. The molecule has 0 unspecified atom stereocenters. The average molecular weight is 487 g/mol. The lowest BCUT2D eigenvalue weighted by atomic mass is 10.1. The molecule has 1 aliphatic heterocycles. The SMILES string of the molecule is CCCN1CCN(c2cc(C(=O)O)c3cc(NS(=O)(=O)c4cc(F)ccc4C)ccc3n2)CC1. The Morgan fingerprint density at radius 2 is 1.85 bits per heavy atom. The van der Waals surface area contributed by atoms with Gasteiger partial charge >= 0.3 is 5.97 Å². The first kappa shape index (κ1) is 23.9. The van der Waals surface area contributed by atoms with Crippen molar-refractivity contribution < 1.29 is 22.7 Å². The summed E-state index contributed by atoms with van der Waals surface area (Å²) in [4.78, 5) is 21.0. The molecule has 0 bridgehead atoms. The summed E-state index contributed by atoms with van der Waals surface area (Å²) in [5, 5.41) is 10.2. The molecule has 2 N–H and O–H groups in total. The second-order valence-electron chi connectivity index (χ2n) is 8.41. The van der Waals surface area contributed by atoms with E-state index in [4.69, 9.17) is 0 Å². The van der Waals surface area contributed by atoms with Crippen LogP contribution in [0.4, 0.5) is 15.9 Å². The molecule has 0 atom stereocenters. The number of aryl methyl sites for hydroxylation is 1. The molecule has 10 heteroatoms. The molecule has 0 saturated carbocycles. The van der Waals surface area contributed by atoms with Crippen molar-refractivity contribution in [1.29, 1.82) is 0 Å². The third-order valence-corrected chi connectivity index (χ3v) is 7.48. The van der Waals surface area contributed by atoms with Crippen LogP contribution in [0.1, 0.15) is 29.3 Å². The van der Waals surface area contributed by atoms with Crippen LogP contribution in [-0.2, 0) is 10.0 Å². The van der Waals surface area contributed by atoms with Crippen molar-refractivity contribution in [2.24, 2.45) is 0 Å². The number of benzene rings is 2. The van der Waals surface area contributed by atoms with Crippen molar-refractivity contribution in [3.63, 3.8) is 0 Å². The predicted octanol–water partition coefficient (Wildman–Crippen LogP) is 3.71. The van der Waals surface area contributed by atoms with E-state index in [-0.39, 0.29) is 16.1 Å². The van der Waals surface area contributed by atoms with Crippen molar-refractivity contribution in [3.8, 4) is 0 Å². The van der Waals surface area contributed by atoms with Gasteiger partial charge in [0.2, 0.25) is 0 Å². The van der Waals surface area contributed by atoms with Crippen LogP contribution in [0.2, 0.25) is 0 Å². The van der Waals surface area contributed by atoms with Crippen LogP contribution < -0.4 is 9.62 Å². The molecule has 8 nitrogen and oxygen atoms in total. The van der Waals surface area contributed by atoms with E-state index >= 15 is 0 Å². The van der Waals surface area contributed by atoms with Gasteiger partial charge in [0.05, 0.1) is 16.0 Å². The Labute approximate surface area is 198 Å². The summed E-state index contributed by atoms with van der Waals surface area (Å²) in [5.41, 5.74) is 1.06. The van der Waals surface area contributed by atoms with Gasteiger partial charge in [0.25, 0.3) is 10.0 Å². The van der Waals surface area contributed by atoms with E-state index in [1.165, 1.54) is 30.3 Å². The molecule has 1 saturated heterocycles. The van der Waals surface area contributed by atoms with Crippen LogP contribution in [0, 0.1) is 12.7 Å². The van der Waals surface area contributed by atoms with Crippen molar-refractivity contribution in [3.05, 3.63) is 59.4 Å². The van der Waals surface area contributed by atoms with Crippen molar-refractivity contribution in [2.75, 3.05) is 42.3 Å². The molecule has 1 fully saturated rings. The number of carboxylic acid groups (broad SMARTS) is 1. The van der Waals surface area contributed by atoms with Crippen molar-refractivity contribution in [2.45, 2.75) is 25.2 Å². The van der Waals surface area contributed by atoms with E-state index in [9.17, 15) is 22.7 Å². The highest BCUT2D eigenvalue weighted by molar-refractivity contribution is 7.92. The molecule has 0 radical (unpaired) electrons. The Morgan fingerprint density at radius 1 is 1.12 bits per heavy atom. The molecule has 0 spiro atoms. The standard InChI is InChI=1S/C24H27FN4O4S/c1-3-8-28-9-11-29(12-10-28)23-15-20(24(30)31)19-14-18(6-7-21(19)26-23)27-34(32,33)22-13-17(25)5-4-16(22)2/h4-7,13-15,27H,3,8-12H2,1-2H3,(H,30,31). The number of pyridine rings is 1. The lowest BCUT2D eigenvalue weighted by Crippen LogP contribution is -2.46. The maximum atomic E-state index is 13.6. The third kappa shape index (κ3) is 4.97. The Bertz CT molecular complexity index is 1340. The summed E-state index contributed by atoms with van der Waals surface area (Å²) >= 11 is 0. The number of carbonyl (C=O) groups is 1. The number of piperazine rings is 1. The number of aromatic carboxylic acids is 1. The summed E-state index contributed by atoms with van der Waals surface area (Å²) in [6.45, 7) is 8.03. The Hall–Kier alpha value is -3.24. The smallest absolute Gasteiger partial charge is 0.336 e. The van der Waals surface area contributed by atoms with Crippen molar-refractivity contribution >= 4 is 38.4 Å². The fourth-order valence-corrected chi connectivity index (χ4v) is 5.51. The van der Waals surface area contributed by atoms with Gasteiger partial charge < -0.3 is 10.0 Å². The van der Waals surface area contributed by atoms with Gasteiger partial charge in [0, 0.05) is 37.3 Å². The fourth-order valence-electron chi connectivity index (χ4n) is 4.20. The minimum Gasteiger partial charge on any atom is -0.478 e. The molecule has 1 aliphatic rings. The van der Waals surface area contributed by atoms with E-state index in [0.717, 1.165) is 45.2 Å². The minimum absolute atomic E-state index is 0.0407. The second kappa shape index (κ2) is 9.55. The maximum absolute atomic E-state index is 13.6. The molecule has 3 aromatic rings. The van der Waals surface area contributed by atoms with E-state index in [1.54, 1.807) is 13.0 Å². The zero-order valence-corrected chi connectivity index (χ0v) is 19.9.